The molecule has 0 spiro atoms. The van der Waals surface area contributed by atoms with Crippen molar-refractivity contribution in [2.24, 2.45) is 0 Å². The second-order valence-electron chi connectivity index (χ2n) is 3.90. The maximum Gasteiger partial charge on any atom is 0.166 e. The Kier molecular flexibility index (Phi) is 4.19. The van der Waals surface area contributed by atoms with Gasteiger partial charge in [0.15, 0.2) is 11.6 Å². The molecular weight excluding hydrogens is 346 g/mol. The lowest BCUT2D eigenvalue weighted by Crippen LogP contribution is -1.95. The first-order valence-electron chi connectivity index (χ1n) is 5.48. The van der Waals surface area contributed by atoms with Gasteiger partial charge in [-0.05, 0) is 59.3 Å². The Morgan fingerprint density at radius 3 is 2.50 bits per heavy atom. The topological polar surface area (TPSA) is 29.5 Å². The zero-order valence-electron chi connectivity index (χ0n) is 9.73. The highest BCUT2D eigenvalue weighted by Gasteiger charge is 2.10. The fourth-order valence-electron chi connectivity index (χ4n) is 1.51. The van der Waals surface area contributed by atoms with E-state index in [0.717, 1.165) is 3.57 Å². The second kappa shape index (κ2) is 5.67. The Hall–Kier alpha value is -1.14. The van der Waals surface area contributed by atoms with Gasteiger partial charge in [0.2, 0.25) is 0 Å². The standard InChI is InChI=1S/C14H12FIO2/c1-9(17)10-6-7-13(11(15)8-10)18-14-5-3-2-4-12(14)16/h2-9,17H,1H3/t9-/m0/s1. The van der Waals surface area contributed by atoms with Crippen molar-refractivity contribution in [3.8, 4) is 11.5 Å². The van der Waals surface area contributed by atoms with E-state index in [1.807, 2.05) is 18.2 Å². The molecule has 0 aliphatic rings. The lowest BCUT2D eigenvalue weighted by Gasteiger charge is -2.10. The second-order valence-corrected chi connectivity index (χ2v) is 5.06. The van der Waals surface area contributed by atoms with Crippen LogP contribution in [0.15, 0.2) is 42.5 Å². The fourth-order valence-corrected chi connectivity index (χ4v) is 2.00. The average Bonchev–Trinajstić information content (AvgIpc) is 2.34. The Labute approximate surface area is 119 Å². The van der Waals surface area contributed by atoms with Crippen LogP contribution in [0.2, 0.25) is 0 Å². The molecule has 0 aliphatic heterocycles. The maximum atomic E-state index is 13.8. The van der Waals surface area contributed by atoms with Crippen LogP contribution in [0, 0.1) is 9.39 Å². The molecule has 0 unspecified atom stereocenters. The number of rotatable bonds is 3. The number of ether oxygens (including phenoxy) is 1. The van der Waals surface area contributed by atoms with E-state index < -0.39 is 11.9 Å². The summed E-state index contributed by atoms with van der Waals surface area (Å²) in [6, 6.07) is 11.9. The van der Waals surface area contributed by atoms with Gasteiger partial charge in [-0.3, -0.25) is 0 Å². The highest BCUT2D eigenvalue weighted by atomic mass is 127. The monoisotopic (exact) mass is 358 g/mol. The SMILES string of the molecule is C[C@H](O)c1ccc(Oc2ccccc2I)c(F)c1. The molecule has 0 amide bonds. The van der Waals surface area contributed by atoms with Crippen molar-refractivity contribution in [2.75, 3.05) is 0 Å². The zero-order chi connectivity index (χ0) is 13.1. The normalized spacial score (nSPS) is 12.2. The van der Waals surface area contributed by atoms with Gasteiger partial charge >= 0.3 is 0 Å². The molecule has 2 nitrogen and oxygen atoms in total. The van der Waals surface area contributed by atoms with Gasteiger partial charge in [-0.1, -0.05) is 18.2 Å². The number of para-hydroxylation sites is 1. The third-order valence-electron chi connectivity index (χ3n) is 2.49. The lowest BCUT2D eigenvalue weighted by molar-refractivity contribution is 0.198. The maximum absolute atomic E-state index is 13.8. The van der Waals surface area contributed by atoms with Crippen molar-refractivity contribution >= 4 is 22.6 Å². The van der Waals surface area contributed by atoms with Crippen LogP contribution in [0.3, 0.4) is 0 Å². The van der Waals surface area contributed by atoms with E-state index in [4.69, 9.17) is 4.74 Å². The number of halogens is 2. The van der Waals surface area contributed by atoms with Crippen LogP contribution < -0.4 is 4.74 Å². The van der Waals surface area contributed by atoms with E-state index >= 15 is 0 Å². The number of aliphatic hydroxyl groups excluding tert-OH is 1. The molecule has 0 fully saturated rings. The minimum atomic E-state index is -0.689. The minimum Gasteiger partial charge on any atom is -0.453 e. The molecule has 2 aromatic carbocycles. The lowest BCUT2D eigenvalue weighted by atomic mass is 10.1. The summed E-state index contributed by atoms with van der Waals surface area (Å²) in [5.41, 5.74) is 0.530. The van der Waals surface area contributed by atoms with Crippen LogP contribution in [0.1, 0.15) is 18.6 Å². The largest absolute Gasteiger partial charge is 0.453 e. The number of aliphatic hydroxyl groups is 1. The number of hydrogen-bond donors (Lipinski definition) is 1. The molecule has 0 saturated carbocycles. The van der Waals surface area contributed by atoms with E-state index in [2.05, 4.69) is 22.6 Å². The molecular formula is C14H12FIO2. The third kappa shape index (κ3) is 3.00. The highest BCUT2D eigenvalue weighted by molar-refractivity contribution is 14.1. The van der Waals surface area contributed by atoms with E-state index in [0.29, 0.717) is 11.3 Å². The summed E-state index contributed by atoms with van der Waals surface area (Å²) < 4.78 is 20.2. The van der Waals surface area contributed by atoms with Crippen LogP contribution in [0.25, 0.3) is 0 Å². The molecule has 0 saturated heterocycles. The minimum absolute atomic E-state index is 0.156. The van der Waals surface area contributed by atoms with Crippen molar-refractivity contribution in [1.29, 1.82) is 0 Å². The van der Waals surface area contributed by atoms with Crippen molar-refractivity contribution in [3.05, 3.63) is 57.4 Å². The summed E-state index contributed by atoms with van der Waals surface area (Å²) in [4.78, 5) is 0. The average molecular weight is 358 g/mol. The Morgan fingerprint density at radius 1 is 1.17 bits per heavy atom. The molecule has 1 N–H and O–H groups in total. The summed E-state index contributed by atoms with van der Waals surface area (Å²) in [7, 11) is 0. The van der Waals surface area contributed by atoms with Gasteiger partial charge in [0.05, 0.1) is 9.67 Å². The van der Waals surface area contributed by atoms with E-state index in [-0.39, 0.29) is 5.75 Å². The van der Waals surface area contributed by atoms with Crippen molar-refractivity contribution < 1.29 is 14.2 Å². The molecule has 1 atom stereocenters. The Morgan fingerprint density at radius 2 is 1.89 bits per heavy atom. The smallest absolute Gasteiger partial charge is 0.166 e. The predicted octanol–water partition coefficient (Wildman–Crippen LogP) is 4.28. The van der Waals surface area contributed by atoms with Gasteiger partial charge in [-0.2, -0.15) is 0 Å². The molecule has 0 aliphatic carbocycles. The zero-order valence-corrected chi connectivity index (χ0v) is 11.9. The van der Waals surface area contributed by atoms with Crippen LogP contribution in [0.5, 0.6) is 11.5 Å². The van der Waals surface area contributed by atoms with Gasteiger partial charge in [-0.15, -0.1) is 0 Å². The van der Waals surface area contributed by atoms with Crippen molar-refractivity contribution in [2.45, 2.75) is 13.0 Å². The summed E-state index contributed by atoms with van der Waals surface area (Å²) in [6.45, 7) is 1.59. The van der Waals surface area contributed by atoms with Gasteiger partial charge in [0, 0.05) is 0 Å². The molecule has 0 radical (unpaired) electrons. The first-order chi connectivity index (χ1) is 8.58. The quantitative estimate of drug-likeness (QED) is 0.831. The summed E-state index contributed by atoms with van der Waals surface area (Å²) in [6.07, 6.45) is -0.689. The molecule has 0 bridgehead atoms. The van der Waals surface area contributed by atoms with Gasteiger partial charge in [0.1, 0.15) is 5.75 Å². The van der Waals surface area contributed by atoms with Gasteiger partial charge < -0.3 is 9.84 Å². The summed E-state index contributed by atoms with van der Waals surface area (Å²) in [5, 5.41) is 9.36. The van der Waals surface area contributed by atoms with E-state index in [1.165, 1.54) is 12.1 Å². The van der Waals surface area contributed by atoms with Crippen molar-refractivity contribution in [3.63, 3.8) is 0 Å². The third-order valence-corrected chi connectivity index (χ3v) is 3.39. The highest BCUT2D eigenvalue weighted by Crippen LogP contribution is 2.29. The van der Waals surface area contributed by atoms with Crippen LogP contribution in [-0.4, -0.2) is 5.11 Å². The van der Waals surface area contributed by atoms with Gasteiger partial charge in [-0.25, -0.2) is 4.39 Å². The first kappa shape index (κ1) is 13.3. The Bertz CT molecular complexity index is 555. The number of benzene rings is 2. The molecule has 18 heavy (non-hydrogen) atoms. The summed E-state index contributed by atoms with van der Waals surface area (Å²) >= 11 is 2.13. The number of hydrogen-bond acceptors (Lipinski definition) is 2. The van der Waals surface area contributed by atoms with Crippen LogP contribution >= 0.6 is 22.6 Å². The molecule has 0 heterocycles. The Balaban J connectivity index is 2.28. The van der Waals surface area contributed by atoms with Crippen LogP contribution in [0.4, 0.5) is 4.39 Å². The molecule has 0 aromatic heterocycles. The summed E-state index contributed by atoms with van der Waals surface area (Å²) in [5.74, 6) is 0.290. The molecule has 4 heteroatoms. The fraction of sp³-hybridized carbons (Fsp3) is 0.143. The molecule has 94 valence electrons. The van der Waals surface area contributed by atoms with E-state index in [1.54, 1.807) is 19.1 Å². The van der Waals surface area contributed by atoms with Gasteiger partial charge in [0.25, 0.3) is 0 Å². The van der Waals surface area contributed by atoms with E-state index in [9.17, 15) is 9.50 Å². The molecule has 2 aromatic rings. The van der Waals surface area contributed by atoms with Crippen LogP contribution in [-0.2, 0) is 0 Å². The van der Waals surface area contributed by atoms with Crippen molar-refractivity contribution in [1.82, 2.24) is 0 Å². The molecule has 2 rings (SSSR count). The predicted molar refractivity (Wildman–Crippen MR) is 76.3 cm³/mol. The first-order valence-corrected chi connectivity index (χ1v) is 6.55.